The third-order valence-corrected chi connectivity index (χ3v) is 4.39. The summed E-state index contributed by atoms with van der Waals surface area (Å²) in [6, 6.07) is 16.4. The Labute approximate surface area is 148 Å². The molecule has 25 heavy (non-hydrogen) atoms. The molecule has 1 unspecified atom stereocenters. The monoisotopic (exact) mass is 333 g/mol. The highest BCUT2D eigenvalue weighted by atomic mass is 15.1. The fourth-order valence-corrected chi connectivity index (χ4v) is 2.65. The second-order valence-electron chi connectivity index (χ2n) is 6.13. The lowest BCUT2D eigenvalue weighted by Gasteiger charge is -2.18. The Hall–Kier alpha value is -3.08. The molecule has 1 heterocycles. The molecule has 0 aliphatic heterocycles. The van der Waals surface area contributed by atoms with Gasteiger partial charge in [-0.1, -0.05) is 42.5 Å². The number of nitrogen functional groups attached to an aromatic ring is 1. The number of nitrogens with one attached hydrogen (secondary N) is 2. The molecule has 0 bridgehead atoms. The molecule has 0 fully saturated rings. The molecular formula is C20H23N5. The Morgan fingerprint density at radius 1 is 0.920 bits per heavy atom. The molecule has 128 valence electrons. The molecule has 0 radical (unpaired) electrons. The first-order valence-electron chi connectivity index (χ1n) is 8.31. The van der Waals surface area contributed by atoms with Crippen LogP contribution in [0.15, 0.2) is 54.9 Å². The summed E-state index contributed by atoms with van der Waals surface area (Å²) in [4.78, 5) is 8.60. The highest BCUT2D eigenvalue weighted by molar-refractivity contribution is 5.78. The van der Waals surface area contributed by atoms with Gasteiger partial charge < -0.3 is 16.4 Å². The van der Waals surface area contributed by atoms with Crippen molar-refractivity contribution in [2.24, 2.45) is 0 Å². The number of aryl methyl sites for hydroxylation is 1. The maximum atomic E-state index is 6.30. The summed E-state index contributed by atoms with van der Waals surface area (Å²) in [5.74, 6) is 1.23. The van der Waals surface area contributed by atoms with Crippen LogP contribution in [0.1, 0.15) is 29.7 Å². The number of aromatic nitrogens is 2. The van der Waals surface area contributed by atoms with Gasteiger partial charge in [0.05, 0.1) is 6.04 Å². The van der Waals surface area contributed by atoms with Crippen molar-refractivity contribution in [3.8, 4) is 0 Å². The Kier molecular flexibility index (Phi) is 4.84. The number of nitrogens with zero attached hydrogens (tertiary/aromatic N) is 2. The van der Waals surface area contributed by atoms with Crippen LogP contribution in [0.25, 0.3) is 0 Å². The minimum Gasteiger partial charge on any atom is -0.393 e. The van der Waals surface area contributed by atoms with Gasteiger partial charge in [0.2, 0.25) is 0 Å². The van der Waals surface area contributed by atoms with Crippen molar-refractivity contribution in [2.45, 2.75) is 26.8 Å². The molecule has 4 N–H and O–H groups in total. The van der Waals surface area contributed by atoms with Crippen LogP contribution < -0.4 is 16.4 Å². The summed E-state index contributed by atoms with van der Waals surface area (Å²) in [6.07, 6.45) is 1.52. The number of benzene rings is 2. The highest BCUT2D eigenvalue weighted by Gasteiger charge is 2.13. The molecule has 3 rings (SSSR count). The van der Waals surface area contributed by atoms with Gasteiger partial charge in [-0.2, -0.15) is 0 Å². The SMILES string of the molecule is Cc1cccc(Nc2ncnc(NC(C)c3ccccc3)c2N)c1C. The highest BCUT2D eigenvalue weighted by Crippen LogP contribution is 2.30. The zero-order chi connectivity index (χ0) is 17.8. The maximum Gasteiger partial charge on any atom is 0.159 e. The number of anilines is 4. The van der Waals surface area contributed by atoms with Gasteiger partial charge in [-0.15, -0.1) is 0 Å². The van der Waals surface area contributed by atoms with E-state index in [4.69, 9.17) is 5.73 Å². The van der Waals surface area contributed by atoms with Gasteiger partial charge in [0.1, 0.15) is 12.0 Å². The summed E-state index contributed by atoms with van der Waals surface area (Å²) in [6.45, 7) is 6.23. The fourth-order valence-electron chi connectivity index (χ4n) is 2.65. The number of hydrogen-bond acceptors (Lipinski definition) is 5. The Morgan fingerprint density at radius 3 is 2.40 bits per heavy atom. The molecule has 0 spiro atoms. The molecule has 0 amide bonds. The molecule has 5 heteroatoms. The zero-order valence-corrected chi connectivity index (χ0v) is 14.7. The van der Waals surface area contributed by atoms with Crippen LogP contribution in [0.2, 0.25) is 0 Å². The molecule has 0 aliphatic rings. The molecule has 0 saturated carbocycles. The van der Waals surface area contributed by atoms with Crippen LogP contribution in [0.3, 0.4) is 0 Å². The van der Waals surface area contributed by atoms with Crippen LogP contribution in [0.4, 0.5) is 23.0 Å². The standard InChI is InChI=1S/C20H23N5/c1-13-8-7-11-17(14(13)2)25-20-18(21)19(22-12-23-20)24-15(3)16-9-5-4-6-10-16/h4-12,15H,21H2,1-3H3,(H2,22,23,24,25). The lowest BCUT2D eigenvalue weighted by atomic mass is 10.1. The third kappa shape index (κ3) is 3.71. The van der Waals surface area contributed by atoms with Gasteiger partial charge >= 0.3 is 0 Å². The fraction of sp³-hybridized carbons (Fsp3) is 0.200. The van der Waals surface area contributed by atoms with Crippen LogP contribution in [0, 0.1) is 13.8 Å². The van der Waals surface area contributed by atoms with Gasteiger partial charge in [-0.05, 0) is 43.5 Å². The molecule has 1 atom stereocenters. The second-order valence-corrected chi connectivity index (χ2v) is 6.13. The quantitative estimate of drug-likeness (QED) is 0.636. The van der Waals surface area contributed by atoms with E-state index in [-0.39, 0.29) is 6.04 Å². The van der Waals surface area contributed by atoms with Crippen molar-refractivity contribution < 1.29 is 0 Å². The summed E-state index contributed by atoms with van der Waals surface area (Å²) < 4.78 is 0. The predicted octanol–water partition coefficient (Wildman–Crippen LogP) is 4.59. The normalized spacial score (nSPS) is 11.8. The number of nitrogens with two attached hydrogens (primary N) is 1. The number of hydrogen-bond donors (Lipinski definition) is 3. The van der Waals surface area contributed by atoms with E-state index in [1.165, 1.54) is 23.0 Å². The number of rotatable bonds is 5. The largest absolute Gasteiger partial charge is 0.393 e. The van der Waals surface area contributed by atoms with E-state index >= 15 is 0 Å². The van der Waals surface area contributed by atoms with E-state index < -0.39 is 0 Å². The lowest BCUT2D eigenvalue weighted by molar-refractivity contribution is 0.873. The molecule has 1 aromatic heterocycles. The summed E-state index contributed by atoms with van der Waals surface area (Å²) in [5.41, 5.74) is 11.4. The molecule has 2 aromatic carbocycles. The van der Waals surface area contributed by atoms with Crippen molar-refractivity contribution in [3.05, 3.63) is 71.5 Å². The van der Waals surface area contributed by atoms with E-state index in [1.807, 2.05) is 30.3 Å². The van der Waals surface area contributed by atoms with E-state index in [2.05, 4.69) is 59.6 Å². The van der Waals surface area contributed by atoms with Crippen LogP contribution in [-0.2, 0) is 0 Å². The second kappa shape index (κ2) is 7.21. The van der Waals surface area contributed by atoms with Crippen molar-refractivity contribution in [1.82, 2.24) is 9.97 Å². The average molecular weight is 333 g/mol. The van der Waals surface area contributed by atoms with Crippen molar-refractivity contribution in [1.29, 1.82) is 0 Å². The molecule has 3 aromatic rings. The molecule has 0 aliphatic carbocycles. The van der Waals surface area contributed by atoms with Gasteiger partial charge in [0.15, 0.2) is 11.6 Å². The molecule has 0 saturated heterocycles. The van der Waals surface area contributed by atoms with E-state index in [0.717, 1.165) is 5.69 Å². The van der Waals surface area contributed by atoms with Gasteiger partial charge in [0.25, 0.3) is 0 Å². The van der Waals surface area contributed by atoms with Crippen LogP contribution >= 0.6 is 0 Å². The van der Waals surface area contributed by atoms with Gasteiger partial charge in [-0.25, -0.2) is 9.97 Å². The third-order valence-electron chi connectivity index (χ3n) is 4.39. The first-order chi connectivity index (χ1) is 12.1. The van der Waals surface area contributed by atoms with E-state index in [0.29, 0.717) is 17.3 Å². The Morgan fingerprint density at radius 2 is 1.64 bits per heavy atom. The lowest BCUT2D eigenvalue weighted by Crippen LogP contribution is -2.12. The zero-order valence-electron chi connectivity index (χ0n) is 14.7. The first kappa shape index (κ1) is 16.8. The van der Waals surface area contributed by atoms with Crippen molar-refractivity contribution >= 4 is 23.0 Å². The topological polar surface area (TPSA) is 75.9 Å². The van der Waals surface area contributed by atoms with Crippen LogP contribution in [0.5, 0.6) is 0 Å². The van der Waals surface area contributed by atoms with Crippen LogP contribution in [-0.4, -0.2) is 9.97 Å². The van der Waals surface area contributed by atoms with Gasteiger partial charge in [0, 0.05) is 5.69 Å². The van der Waals surface area contributed by atoms with Gasteiger partial charge in [-0.3, -0.25) is 0 Å². The average Bonchev–Trinajstić information content (AvgIpc) is 2.63. The summed E-state index contributed by atoms with van der Waals surface area (Å²) in [5, 5.41) is 6.68. The summed E-state index contributed by atoms with van der Waals surface area (Å²) >= 11 is 0. The van der Waals surface area contributed by atoms with E-state index in [9.17, 15) is 0 Å². The molecular weight excluding hydrogens is 310 g/mol. The Bertz CT molecular complexity index is 861. The Balaban J connectivity index is 1.84. The minimum atomic E-state index is 0.0898. The van der Waals surface area contributed by atoms with E-state index in [1.54, 1.807) is 0 Å². The summed E-state index contributed by atoms with van der Waals surface area (Å²) in [7, 11) is 0. The van der Waals surface area contributed by atoms with Crippen molar-refractivity contribution in [3.63, 3.8) is 0 Å². The predicted molar refractivity (Wildman–Crippen MR) is 104 cm³/mol. The first-order valence-corrected chi connectivity index (χ1v) is 8.31. The maximum absolute atomic E-state index is 6.30. The van der Waals surface area contributed by atoms with Crippen molar-refractivity contribution in [2.75, 3.05) is 16.4 Å². The minimum absolute atomic E-state index is 0.0898. The smallest absolute Gasteiger partial charge is 0.159 e. The molecule has 5 nitrogen and oxygen atoms in total.